The summed E-state index contributed by atoms with van der Waals surface area (Å²) in [7, 11) is 4.56. The van der Waals surface area contributed by atoms with Crippen LogP contribution in [0.5, 0.6) is 5.75 Å². The van der Waals surface area contributed by atoms with Crippen molar-refractivity contribution >= 4 is 17.5 Å². The summed E-state index contributed by atoms with van der Waals surface area (Å²) in [6.45, 7) is 5.24. The largest absolute Gasteiger partial charge is 0.510 e. The number of likely N-dealkylation sites (N-methyl/N-ethyl adjacent to an activating group) is 1. The molecule has 10 nitrogen and oxygen atoms in total. The van der Waals surface area contributed by atoms with Crippen molar-refractivity contribution in [2.75, 3.05) is 21.1 Å². The molecule has 1 amide bonds. The van der Waals surface area contributed by atoms with Gasteiger partial charge in [-0.15, -0.1) is 0 Å². The highest BCUT2D eigenvalue weighted by molar-refractivity contribution is 6.24. The SMILES string of the molecule is CN(C)[C@@H]1C(O)=C(C(N)=O)C(=O)[C@@]2(O)C(O)=C3C(=O)c4c(O)cc(CN(C)C(C)(C)C)c(C(F)(F)F)c4C[C@H]3C[C@@H]12. The fraction of sp³-hybridized carbons (Fsp3) is 0.536. The number of halogens is 3. The Morgan fingerprint density at radius 2 is 1.71 bits per heavy atom. The number of rotatable bonds is 4. The van der Waals surface area contributed by atoms with Crippen LogP contribution in [0.2, 0.25) is 0 Å². The minimum Gasteiger partial charge on any atom is -0.510 e. The molecule has 3 aliphatic rings. The number of carbonyl (C=O) groups excluding carboxylic acids is 3. The van der Waals surface area contributed by atoms with Gasteiger partial charge >= 0.3 is 6.18 Å². The predicted molar refractivity (Wildman–Crippen MR) is 140 cm³/mol. The van der Waals surface area contributed by atoms with Crippen LogP contribution in [0.25, 0.3) is 0 Å². The minimum atomic E-state index is -4.91. The number of aliphatic hydroxyl groups is 3. The number of hydrogen-bond donors (Lipinski definition) is 5. The number of nitrogens with two attached hydrogens (primary N) is 1. The van der Waals surface area contributed by atoms with E-state index < -0.39 is 104 Å². The first kappa shape index (κ1) is 30.5. The number of benzene rings is 1. The zero-order valence-electron chi connectivity index (χ0n) is 23.5. The predicted octanol–water partition coefficient (Wildman–Crippen LogP) is 2.37. The normalized spacial score (nSPS) is 26.9. The van der Waals surface area contributed by atoms with E-state index in [0.29, 0.717) is 0 Å². The average Bonchev–Trinajstić information content (AvgIpc) is 2.79. The molecule has 4 atom stereocenters. The lowest BCUT2D eigenvalue weighted by Crippen LogP contribution is -2.63. The van der Waals surface area contributed by atoms with E-state index in [1.165, 1.54) is 19.0 Å². The van der Waals surface area contributed by atoms with E-state index in [0.717, 1.165) is 6.07 Å². The van der Waals surface area contributed by atoms with Crippen molar-refractivity contribution in [2.45, 2.75) is 63.5 Å². The van der Waals surface area contributed by atoms with E-state index in [1.807, 2.05) is 20.8 Å². The summed E-state index contributed by atoms with van der Waals surface area (Å²) in [6, 6.07) is -0.373. The van der Waals surface area contributed by atoms with Crippen LogP contribution in [0.15, 0.2) is 28.7 Å². The van der Waals surface area contributed by atoms with Crippen molar-refractivity contribution in [1.29, 1.82) is 0 Å². The summed E-state index contributed by atoms with van der Waals surface area (Å²) in [5.41, 5.74) is -2.03. The van der Waals surface area contributed by atoms with Gasteiger partial charge in [0.15, 0.2) is 11.4 Å². The van der Waals surface area contributed by atoms with Crippen LogP contribution < -0.4 is 5.73 Å². The Morgan fingerprint density at radius 1 is 1.12 bits per heavy atom. The van der Waals surface area contributed by atoms with Crippen molar-refractivity contribution in [3.05, 3.63) is 51.0 Å². The standard InChI is InChI=1S/C28H34F3N3O7/c1-26(2,3)34(6)10-12-9-15(35)17-13(19(12)28(29,30)31)7-11-8-14-20(33(4)5)22(37)18(25(32)40)24(39)27(14,41)23(38)16(11)21(17)36/h9,11,14,20,35,37-38,41H,7-8,10H2,1-6H3,(H2,32,40)/t11-,14-,20-,27-/m0/s1. The number of ketones is 2. The molecule has 3 aliphatic carbocycles. The molecule has 0 heterocycles. The van der Waals surface area contributed by atoms with E-state index in [4.69, 9.17) is 5.73 Å². The maximum Gasteiger partial charge on any atom is 0.417 e. The van der Waals surface area contributed by atoms with E-state index >= 15 is 0 Å². The van der Waals surface area contributed by atoms with Crippen LogP contribution in [-0.4, -0.2) is 86.0 Å². The summed E-state index contributed by atoms with van der Waals surface area (Å²) in [5.74, 6) is -9.05. The molecule has 0 bridgehead atoms. The first-order valence-electron chi connectivity index (χ1n) is 13.0. The number of Topliss-reactive ketones (excluding diaryl/α,β-unsaturated/α-hetero) is 2. The third-order valence-corrected chi connectivity index (χ3v) is 8.64. The number of amides is 1. The van der Waals surface area contributed by atoms with Gasteiger partial charge in [-0.2, -0.15) is 13.2 Å². The van der Waals surface area contributed by atoms with Gasteiger partial charge in [-0.25, -0.2) is 0 Å². The first-order chi connectivity index (χ1) is 18.6. The van der Waals surface area contributed by atoms with E-state index in [1.54, 1.807) is 11.9 Å². The van der Waals surface area contributed by atoms with Gasteiger partial charge in [0.1, 0.15) is 22.8 Å². The molecule has 0 aliphatic heterocycles. The fourth-order valence-electron chi connectivity index (χ4n) is 6.36. The molecule has 224 valence electrons. The zero-order chi connectivity index (χ0) is 31.1. The number of primary amides is 1. The number of allylic oxidation sites excluding steroid dienone is 1. The molecule has 0 radical (unpaired) electrons. The van der Waals surface area contributed by atoms with Crippen molar-refractivity contribution in [3.8, 4) is 5.75 Å². The lowest BCUT2D eigenvalue weighted by atomic mass is 9.58. The van der Waals surface area contributed by atoms with Crippen LogP contribution in [0.4, 0.5) is 13.2 Å². The van der Waals surface area contributed by atoms with Crippen LogP contribution in [0.1, 0.15) is 54.2 Å². The second kappa shape index (κ2) is 9.57. The lowest BCUT2D eigenvalue weighted by Gasteiger charge is -2.50. The lowest BCUT2D eigenvalue weighted by molar-refractivity contribution is -0.148. The number of hydrogen-bond acceptors (Lipinski definition) is 9. The van der Waals surface area contributed by atoms with Gasteiger partial charge < -0.3 is 26.2 Å². The maximum absolute atomic E-state index is 14.6. The summed E-state index contributed by atoms with van der Waals surface area (Å²) in [6.07, 6.45) is -5.67. The quantitative estimate of drug-likeness (QED) is 0.336. The van der Waals surface area contributed by atoms with Gasteiger partial charge in [-0.1, -0.05) is 0 Å². The number of aliphatic hydroxyl groups excluding tert-OH is 2. The molecule has 1 aromatic rings. The third-order valence-electron chi connectivity index (χ3n) is 8.64. The Hall–Kier alpha value is -3.42. The van der Waals surface area contributed by atoms with Crippen LogP contribution in [-0.2, 0) is 28.7 Å². The number of fused-ring (bicyclic) bond motifs is 3. The Kier molecular flexibility index (Phi) is 7.12. The molecule has 0 saturated heterocycles. The molecule has 6 N–H and O–H groups in total. The second-order valence-electron chi connectivity index (χ2n) is 12.3. The van der Waals surface area contributed by atoms with E-state index in [9.17, 15) is 48.0 Å². The summed E-state index contributed by atoms with van der Waals surface area (Å²) < 4.78 is 43.8. The van der Waals surface area contributed by atoms with Gasteiger partial charge in [0.05, 0.1) is 17.2 Å². The highest BCUT2D eigenvalue weighted by Gasteiger charge is 2.63. The molecular weight excluding hydrogens is 547 g/mol. The van der Waals surface area contributed by atoms with Crippen LogP contribution in [0.3, 0.4) is 0 Å². The molecule has 4 rings (SSSR count). The fourth-order valence-corrected chi connectivity index (χ4v) is 6.36. The Morgan fingerprint density at radius 3 is 2.20 bits per heavy atom. The van der Waals surface area contributed by atoms with Gasteiger partial charge in [0.25, 0.3) is 5.91 Å². The minimum absolute atomic E-state index is 0.194. The molecule has 0 spiro atoms. The average molecular weight is 582 g/mol. The van der Waals surface area contributed by atoms with Crippen LogP contribution >= 0.6 is 0 Å². The molecule has 0 saturated carbocycles. The Balaban J connectivity index is 1.97. The topological polar surface area (TPSA) is 165 Å². The molecule has 0 aromatic heterocycles. The van der Waals surface area contributed by atoms with Gasteiger partial charge in [0.2, 0.25) is 5.78 Å². The van der Waals surface area contributed by atoms with Crippen LogP contribution in [0, 0.1) is 11.8 Å². The Labute approximate surface area is 234 Å². The molecule has 13 heteroatoms. The smallest absolute Gasteiger partial charge is 0.417 e. The van der Waals surface area contributed by atoms with Crippen molar-refractivity contribution in [3.63, 3.8) is 0 Å². The van der Waals surface area contributed by atoms with Gasteiger partial charge in [-0.05, 0) is 77.9 Å². The summed E-state index contributed by atoms with van der Waals surface area (Å²) >= 11 is 0. The monoisotopic (exact) mass is 581 g/mol. The van der Waals surface area contributed by atoms with Gasteiger partial charge in [-0.3, -0.25) is 24.2 Å². The Bertz CT molecular complexity index is 1420. The molecule has 0 unspecified atom stereocenters. The number of aromatic hydroxyl groups is 1. The second-order valence-corrected chi connectivity index (χ2v) is 12.3. The highest BCUT2D eigenvalue weighted by Crippen LogP contribution is 2.54. The number of phenols is 1. The molecule has 41 heavy (non-hydrogen) atoms. The van der Waals surface area contributed by atoms with Crippen molar-refractivity contribution in [2.24, 2.45) is 17.6 Å². The number of carbonyl (C=O) groups is 3. The number of nitrogens with zero attached hydrogens (tertiary/aromatic N) is 2. The third kappa shape index (κ3) is 4.50. The summed E-state index contributed by atoms with van der Waals surface area (Å²) in [5, 5.41) is 44.6. The van der Waals surface area contributed by atoms with Crippen molar-refractivity contribution < 1.29 is 48.0 Å². The van der Waals surface area contributed by atoms with Crippen molar-refractivity contribution in [1.82, 2.24) is 9.80 Å². The molecule has 1 aromatic carbocycles. The number of alkyl halides is 3. The summed E-state index contributed by atoms with van der Waals surface area (Å²) in [4.78, 5) is 42.2. The first-order valence-corrected chi connectivity index (χ1v) is 13.0. The van der Waals surface area contributed by atoms with E-state index in [2.05, 4.69) is 0 Å². The van der Waals surface area contributed by atoms with E-state index in [-0.39, 0.29) is 18.5 Å². The molecular formula is C28H34F3N3O7. The zero-order valence-corrected chi connectivity index (χ0v) is 23.5. The maximum atomic E-state index is 14.6. The highest BCUT2D eigenvalue weighted by atomic mass is 19.4. The number of phenolic OH excluding ortho intramolecular Hbond substituents is 1. The molecule has 0 fully saturated rings. The van der Waals surface area contributed by atoms with Gasteiger partial charge in [0, 0.05) is 23.6 Å².